The molecule has 0 aromatic rings. The van der Waals surface area contributed by atoms with Crippen LogP contribution in [-0.2, 0) is 4.74 Å². The molecule has 1 unspecified atom stereocenters. The van der Waals surface area contributed by atoms with Gasteiger partial charge in [-0.25, -0.2) is 0 Å². The highest BCUT2D eigenvalue weighted by molar-refractivity contribution is 4.88. The van der Waals surface area contributed by atoms with Crippen molar-refractivity contribution in [1.82, 2.24) is 0 Å². The number of methoxy groups -OCH3 is 1. The molecule has 2 heteroatoms. The smallest absolute Gasteiger partial charge is 0.0649 e. The Morgan fingerprint density at radius 1 is 1.12 bits per heavy atom. The molecule has 0 spiro atoms. The van der Waals surface area contributed by atoms with Gasteiger partial charge in [0.15, 0.2) is 0 Å². The lowest BCUT2D eigenvalue weighted by atomic mass is 9.82. The third-order valence-corrected chi connectivity index (χ3v) is 4.51. The van der Waals surface area contributed by atoms with Crippen LogP contribution in [0.1, 0.15) is 72.6 Å². The standard InChI is InChI=1S/C15H30O2/c1-13(2)7-6-8-15(16,11-9-13)12-10-14(3,4)17-5/h16H,6-12H2,1-5H3. The molecule has 102 valence electrons. The van der Waals surface area contributed by atoms with Gasteiger partial charge in [-0.15, -0.1) is 0 Å². The summed E-state index contributed by atoms with van der Waals surface area (Å²) in [5.74, 6) is 0. The number of ether oxygens (including phenoxy) is 1. The van der Waals surface area contributed by atoms with Gasteiger partial charge in [0.2, 0.25) is 0 Å². The monoisotopic (exact) mass is 242 g/mol. The minimum absolute atomic E-state index is 0.114. The lowest BCUT2D eigenvalue weighted by Crippen LogP contribution is -2.33. The van der Waals surface area contributed by atoms with Crippen LogP contribution in [0.5, 0.6) is 0 Å². The fourth-order valence-electron chi connectivity index (χ4n) is 2.60. The first-order valence-corrected chi connectivity index (χ1v) is 6.96. The van der Waals surface area contributed by atoms with E-state index in [1.807, 2.05) is 0 Å². The SMILES string of the molecule is COC(C)(C)CCC1(O)CCCC(C)(C)CC1. The summed E-state index contributed by atoms with van der Waals surface area (Å²) in [5.41, 5.74) is -0.164. The van der Waals surface area contributed by atoms with Crippen molar-refractivity contribution in [1.29, 1.82) is 0 Å². The highest BCUT2D eigenvalue weighted by Crippen LogP contribution is 2.40. The first kappa shape index (κ1) is 15.0. The molecule has 2 nitrogen and oxygen atoms in total. The zero-order valence-corrected chi connectivity index (χ0v) is 12.3. The number of rotatable bonds is 4. The van der Waals surface area contributed by atoms with E-state index in [0.29, 0.717) is 5.41 Å². The highest BCUT2D eigenvalue weighted by atomic mass is 16.5. The van der Waals surface area contributed by atoms with Gasteiger partial charge in [0, 0.05) is 7.11 Å². The Bertz CT molecular complexity index is 245. The molecule has 1 aliphatic rings. The molecule has 0 aromatic heterocycles. The van der Waals surface area contributed by atoms with Crippen molar-refractivity contribution in [2.75, 3.05) is 7.11 Å². The van der Waals surface area contributed by atoms with Crippen LogP contribution >= 0.6 is 0 Å². The summed E-state index contributed by atoms with van der Waals surface area (Å²) < 4.78 is 5.43. The third kappa shape index (κ3) is 4.97. The molecule has 1 saturated carbocycles. The summed E-state index contributed by atoms with van der Waals surface area (Å²) in [5, 5.41) is 10.7. The van der Waals surface area contributed by atoms with Crippen molar-refractivity contribution < 1.29 is 9.84 Å². The second-order valence-electron chi connectivity index (χ2n) is 7.21. The normalized spacial score (nSPS) is 30.0. The lowest BCUT2D eigenvalue weighted by Gasteiger charge is -2.32. The Morgan fingerprint density at radius 2 is 1.76 bits per heavy atom. The highest BCUT2D eigenvalue weighted by Gasteiger charge is 2.34. The van der Waals surface area contributed by atoms with Crippen molar-refractivity contribution in [2.45, 2.75) is 83.8 Å². The number of hydrogen-bond acceptors (Lipinski definition) is 2. The molecule has 1 fully saturated rings. The van der Waals surface area contributed by atoms with E-state index in [9.17, 15) is 5.11 Å². The van der Waals surface area contributed by atoms with E-state index in [1.165, 1.54) is 6.42 Å². The van der Waals surface area contributed by atoms with Gasteiger partial charge >= 0.3 is 0 Å². The van der Waals surface area contributed by atoms with E-state index in [2.05, 4.69) is 27.7 Å². The van der Waals surface area contributed by atoms with Crippen LogP contribution in [0.15, 0.2) is 0 Å². The molecule has 1 aliphatic carbocycles. The lowest BCUT2D eigenvalue weighted by molar-refractivity contribution is -0.0336. The molecule has 0 bridgehead atoms. The predicted octanol–water partition coefficient (Wildman–Crippen LogP) is 3.91. The van der Waals surface area contributed by atoms with E-state index in [-0.39, 0.29) is 5.60 Å². The van der Waals surface area contributed by atoms with Gasteiger partial charge in [-0.2, -0.15) is 0 Å². The van der Waals surface area contributed by atoms with Crippen molar-refractivity contribution in [3.05, 3.63) is 0 Å². The molecule has 0 aromatic carbocycles. The molecule has 0 amide bonds. The third-order valence-electron chi connectivity index (χ3n) is 4.51. The summed E-state index contributed by atoms with van der Waals surface area (Å²) in [6.07, 6.45) is 7.22. The van der Waals surface area contributed by atoms with E-state index in [0.717, 1.165) is 38.5 Å². The van der Waals surface area contributed by atoms with Crippen LogP contribution in [0, 0.1) is 5.41 Å². The largest absolute Gasteiger partial charge is 0.390 e. The average Bonchev–Trinajstić information content (AvgIpc) is 2.37. The molecule has 17 heavy (non-hydrogen) atoms. The predicted molar refractivity (Wildman–Crippen MR) is 72.1 cm³/mol. The Morgan fingerprint density at radius 3 is 2.35 bits per heavy atom. The minimum Gasteiger partial charge on any atom is -0.390 e. The maximum absolute atomic E-state index is 10.7. The Hall–Kier alpha value is -0.0800. The molecule has 1 N–H and O–H groups in total. The zero-order chi connectivity index (χ0) is 13.2. The van der Waals surface area contributed by atoms with Crippen molar-refractivity contribution in [3.63, 3.8) is 0 Å². The first-order valence-electron chi connectivity index (χ1n) is 6.96. The van der Waals surface area contributed by atoms with Gasteiger partial charge in [-0.1, -0.05) is 20.3 Å². The maximum Gasteiger partial charge on any atom is 0.0649 e. The fourth-order valence-corrected chi connectivity index (χ4v) is 2.60. The van der Waals surface area contributed by atoms with Gasteiger partial charge in [0.05, 0.1) is 11.2 Å². The van der Waals surface area contributed by atoms with Gasteiger partial charge in [-0.05, 0) is 57.8 Å². The van der Waals surface area contributed by atoms with E-state index in [4.69, 9.17) is 4.74 Å². The zero-order valence-electron chi connectivity index (χ0n) is 12.3. The molecule has 0 saturated heterocycles. The van der Waals surface area contributed by atoms with E-state index < -0.39 is 5.60 Å². The molecular formula is C15H30O2. The van der Waals surface area contributed by atoms with Crippen molar-refractivity contribution in [3.8, 4) is 0 Å². The summed E-state index contributed by atoms with van der Waals surface area (Å²) in [6, 6.07) is 0. The molecule has 0 aliphatic heterocycles. The van der Waals surface area contributed by atoms with Crippen LogP contribution in [0.3, 0.4) is 0 Å². The second kappa shape index (κ2) is 5.27. The average molecular weight is 242 g/mol. The van der Waals surface area contributed by atoms with Crippen LogP contribution in [-0.4, -0.2) is 23.4 Å². The summed E-state index contributed by atoms with van der Waals surface area (Å²) >= 11 is 0. The molecule has 0 heterocycles. The Labute approximate surface area is 107 Å². The molecule has 0 radical (unpaired) electrons. The summed E-state index contributed by atoms with van der Waals surface area (Å²) in [6.45, 7) is 8.82. The van der Waals surface area contributed by atoms with Crippen molar-refractivity contribution in [2.24, 2.45) is 5.41 Å². The Balaban J connectivity index is 2.51. The van der Waals surface area contributed by atoms with Crippen LogP contribution < -0.4 is 0 Å². The van der Waals surface area contributed by atoms with E-state index >= 15 is 0 Å². The number of hydrogen-bond donors (Lipinski definition) is 1. The van der Waals surface area contributed by atoms with Crippen LogP contribution in [0.2, 0.25) is 0 Å². The minimum atomic E-state index is -0.455. The maximum atomic E-state index is 10.7. The molecular weight excluding hydrogens is 212 g/mol. The fraction of sp³-hybridized carbons (Fsp3) is 1.00. The number of aliphatic hydroxyl groups is 1. The van der Waals surface area contributed by atoms with Crippen molar-refractivity contribution >= 4 is 0 Å². The summed E-state index contributed by atoms with van der Waals surface area (Å²) in [4.78, 5) is 0. The van der Waals surface area contributed by atoms with Gasteiger partial charge < -0.3 is 9.84 Å². The van der Waals surface area contributed by atoms with Crippen LogP contribution in [0.25, 0.3) is 0 Å². The molecule has 1 rings (SSSR count). The quantitative estimate of drug-likeness (QED) is 0.757. The van der Waals surface area contributed by atoms with Crippen LogP contribution in [0.4, 0.5) is 0 Å². The second-order valence-corrected chi connectivity index (χ2v) is 7.21. The van der Waals surface area contributed by atoms with E-state index in [1.54, 1.807) is 7.11 Å². The van der Waals surface area contributed by atoms with Gasteiger partial charge in [0.25, 0.3) is 0 Å². The Kier molecular flexibility index (Phi) is 4.65. The summed E-state index contributed by atoms with van der Waals surface area (Å²) in [7, 11) is 1.75. The molecule has 1 atom stereocenters. The topological polar surface area (TPSA) is 29.5 Å². The van der Waals surface area contributed by atoms with Gasteiger partial charge in [0.1, 0.15) is 0 Å². The van der Waals surface area contributed by atoms with Gasteiger partial charge in [-0.3, -0.25) is 0 Å². The first-order chi connectivity index (χ1) is 7.68.